The van der Waals surface area contributed by atoms with Crippen LogP contribution in [0.5, 0.6) is 0 Å². The molecule has 1 aliphatic rings. The fourth-order valence-electron chi connectivity index (χ4n) is 2.76. The van der Waals surface area contributed by atoms with Crippen LogP contribution in [-0.4, -0.2) is 27.0 Å². The highest BCUT2D eigenvalue weighted by molar-refractivity contribution is 5.93. The largest absolute Gasteiger partial charge is 0.433 e. The molecule has 3 rings (SSSR count). The lowest BCUT2D eigenvalue weighted by Gasteiger charge is -2.26. The Labute approximate surface area is 150 Å². The van der Waals surface area contributed by atoms with E-state index in [-0.39, 0.29) is 49.6 Å². The lowest BCUT2D eigenvalue weighted by molar-refractivity contribution is -0.141. The van der Waals surface area contributed by atoms with E-state index in [2.05, 4.69) is 20.4 Å². The Bertz CT molecular complexity index is 794. The van der Waals surface area contributed by atoms with E-state index < -0.39 is 23.7 Å². The molecule has 2 heterocycles. The van der Waals surface area contributed by atoms with Gasteiger partial charge in [-0.3, -0.25) is 9.78 Å². The second kappa shape index (κ2) is 7.20. The first-order chi connectivity index (χ1) is 12.6. The molecule has 0 saturated heterocycles. The molecule has 0 bridgehead atoms. The Hall–Kier alpha value is -2.59. The molecule has 0 unspecified atom stereocenters. The van der Waals surface area contributed by atoms with Crippen molar-refractivity contribution in [3.8, 4) is 0 Å². The average Bonchev–Trinajstić information content (AvgIpc) is 3.08. The maximum absolute atomic E-state index is 13.2. The van der Waals surface area contributed by atoms with Crippen LogP contribution in [0, 0.1) is 0 Å². The molecule has 0 radical (unpaired) electrons. The standard InChI is InChI=1S/C16H15F5N4O2/c17-15(18)5-3-9(4-6-15)13-24-12(27-25-13)8-23-14(26)10-1-2-11(22-7-10)16(19,20)21/h1-2,7,9H,3-6,8H2,(H,23,26). The van der Waals surface area contributed by atoms with Crippen molar-refractivity contribution >= 4 is 5.91 Å². The number of amides is 1. The number of aromatic nitrogens is 3. The molecule has 11 heteroatoms. The molecule has 1 saturated carbocycles. The third-order valence-electron chi connectivity index (χ3n) is 4.28. The summed E-state index contributed by atoms with van der Waals surface area (Å²) < 4.78 is 68.7. The molecule has 0 aliphatic heterocycles. The van der Waals surface area contributed by atoms with Gasteiger partial charge in [0, 0.05) is 25.0 Å². The topological polar surface area (TPSA) is 80.9 Å². The van der Waals surface area contributed by atoms with E-state index in [4.69, 9.17) is 4.52 Å². The summed E-state index contributed by atoms with van der Waals surface area (Å²) in [6.45, 7) is -0.143. The van der Waals surface area contributed by atoms with Gasteiger partial charge in [-0.15, -0.1) is 0 Å². The first-order valence-electron chi connectivity index (χ1n) is 8.16. The van der Waals surface area contributed by atoms with Crippen molar-refractivity contribution in [1.82, 2.24) is 20.4 Å². The van der Waals surface area contributed by atoms with Gasteiger partial charge in [-0.2, -0.15) is 18.2 Å². The Morgan fingerprint density at radius 3 is 2.56 bits per heavy atom. The molecular formula is C16H15F5N4O2. The predicted octanol–water partition coefficient (Wildman–Crippen LogP) is 3.71. The summed E-state index contributed by atoms with van der Waals surface area (Å²) in [5.74, 6) is -3.15. The van der Waals surface area contributed by atoms with Gasteiger partial charge in [0.15, 0.2) is 5.82 Å². The van der Waals surface area contributed by atoms with Crippen LogP contribution in [0.1, 0.15) is 59.4 Å². The summed E-state index contributed by atoms with van der Waals surface area (Å²) in [6.07, 6.45) is -3.75. The van der Waals surface area contributed by atoms with Gasteiger partial charge in [0.25, 0.3) is 5.91 Å². The number of nitrogens with zero attached hydrogens (tertiary/aromatic N) is 3. The second-order valence-corrected chi connectivity index (χ2v) is 6.29. The minimum absolute atomic E-state index is 0.0581. The highest BCUT2D eigenvalue weighted by Crippen LogP contribution is 2.39. The number of alkyl halides is 5. The lowest BCUT2D eigenvalue weighted by atomic mass is 9.86. The second-order valence-electron chi connectivity index (χ2n) is 6.29. The Balaban J connectivity index is 1.55. The van der Waals surface area contributed by atoms with Gasteiger partial charge in [-0.1, -0.05) is 5.16 Å². The summed E-state index contributed by atoms with van der Waals surface area (Å²) >= 11 is 0. The number of hydrogen-bond donors (Lipinski definition) is 1. The van der Waals surface area contributed by atoms with Gasteiger partial charge in [0.05, 0.1) is 12.1 Å². The van der Waals surface area contributed by atoms with Crippen molar-refractivity contribution in [2.75, 3.05) is 0 Å². The normalized spacial score (nSPS) is 17.7. The molecule has 27 heavy (non-hydrogen) atoms. The number of carbonyl (C=O) groups is 1. The van der Waals surface area contributed by atoms with Gasteiger partial charge in [-0.05, 0) is 25.0 Å². The van der Waals surface area contributed by atoms with Crippen molar-refractivity contribution in [3.63, 3.8) is 0 Å². The first-order valence-corrected chi connectivity index (χ1v) is 8.16. The first kappa shape index (κ1) is 19.2. The predicted molar refractivity (Wildman–Crippen MR) is 80.9 cm³/mol. The SMILES string of the molecule is O=C(NCc1nc(C2CCC(F)(F)CC2)no1)c1ccc(C(F)(F)F)nc1. The van der Waals surface area contributed by atoms with Crippen LogP contribution in [0.2, 0.25) is 0 Å². The zero-order valence-electron chi connectivity index (χ0n) is 13.9. The smallest absolute Gasteiger partial charge is 0.343 e. The van der Waals surface area contributed by atoms with E-state index >= 15 is 0 Å². The van der Waals surface area contributed by atoms with E-state index in [1.165, 1.54) is 0 Å². The van der Waals surface area contributed by atoms with Crippen LogP contribution in [-0.2, 0) is 12.7 Å². The third-order valence-corrected chi connectivity index (χ3v) is 4.28. The van der Waals surface area contributed by atoms with Gasteiger partial charge in [0.1, 0.15) is 5.69 Å². The van der Waals surface area contributed by atoms with E-state index in [0.29, 0.717) is 11.9 Å². The van der Waals surface area contributed by atoms with Crippen LogP contribution < -0.4 is 5.32 Å². The highest BCUT2D eigenvalue weighted by atomic mass is 19.4. The number of hydrogen-bond acceptors (Lipinski definition) is 5. The van der Waals surface area contributed by atoms with Crippen LogP contribution in [0.4, 0.5) is 22.0 Å². The monoisotopic (exact) mass is 390 g/mol. The number of pyridine rings is 1. The van der Waals surface area contributed by atoms with Crippen molar-refractivity contribution < 1.29 is 31.3 Å². The summed E-state index contributed by atoms with van der Waals surface area (Å²) in [6, 6.07) is 1.71. The molecule has 0 atom stereocenters. The number of nitrogens with one attached hydrogen (secondary N) is 1. The summed E-state index contributed by atoms with van der Waals surface area (Å²) in [7, 11) is 0. The summed E-state index contributed by atoms with van der Waals surface area (Å²) in [5, 5.41) is 6.18. The van der Waals surface area contributed by atoms with E-state index in [0.717, 1.165) is 12.3 Å². The molecule has 6 nitrogen and oxygen atoms in total. The molecule has 1 aliphatic carbocycles. The molecule has 0 spiro atoms. The quantitative estimate of drug-likeness (QED) is 0.805. The minimum atomic E-state index is -4.59. The molecule has 1 amide bonds. The zero-order valence-corrected chi connectivity index (χ0v) is 13.9. The molecule has 1 fully saturated rings. The summed E-state index contributed by atoms with van der Waals surface area (Å²) in [5.41, 5.74) is -1.16. The fraction of sp³-hybridized carbons (Fsp3) is 0.500. The number of carbonyl (C=O) groups excluding carboxylic acids is 1. The Morgan fingerprint density at radius 1 is 1.26 bits per heavy atom. The molecular weight excluding hydrogens is 375 g/mol. The highest BCUT2D eigenvalue weighted by Gasteiger charge is 2.37. The fourth-order valence-corrected chi connectivity index (χ4v) is 2.76. The van der Waals surface area contributed by atoms with Gasteiger partial charge < -0.3 is 9.84 Å². The molecule has 2 aromatic rings. The van der Waals surface area contributed by atoms with Crippen LogP contribution in [0.15, 0.2) is 22.9 Å². The molecule has 146 valence electrons. The van der Waals surface area contributed by atoms with E-state index in [1.54, 1.807) is 0 Å². The molecule has 0 aromatic carbocycles. The van der Waals surface area contributed by atoms with Crippen molar-refractivity contribution in [2.45, 2.75) is 50.2 Å². The van der Waals surface area contributed by atoms with Gasteiger partial charge in [-0.25, -0.2) is 8.78 Å². The maximum Gasteiger partial charge on any atom is 0.433 e. The average molecular weight is 390 g/mol. The third kappa shape index (κ3) is 4.77. The van der Waals surface area contributed by atoms with Crippen LogP contribution in [0.25, 0.3) is 0 Å². The van der Waals surface area contributed by atoms with E-state index in [9.17, 15) is 26.7 Å². The van der Waals surface area contributed by atoms with Crippen molar-refractivity contribution in [3.05, 3.63) is 41.3 Å². The molecule has 2 aromatic heterocycles. The number of rotatable bonds is 4. The van der Waals surface area contributed by atoms with Crippen molar-refractivity contribution in [1.29, 1.82) is 0 Å². The van der Waals surface area contributed by atoms with Gasteiger partial charge >= 0.3 is 6.18 Å². The molecule has 1 N–H and O–H groups in total. The van der Waals surface area contributed by atoms with Gasteiger partial charge in [0.2, 0.25) is 11.8 Å². The van der Waals surface area contributed by atoms with E-state index in [1.807, 2.05) is 0 Å². The maximum atomic E-state index is 13.2. The van der Waals surface area contributed by atoms with Crippen LogP contribution >= 0.6 is 0 Å². The summed E-state index contributed by atoms with van der Waals surface area (Å²) in [4.78, 5) is 19.2. The Kier molecular flexibility index (Phi) is 5.11. The lowest BCUT2D eigenvalue weighted by Crippen LogP contribution is -2.24. The number of halogens is 5. The Morgan fingerprint density at radius 2 is 1.96 bits per heavy atom. The minimum Gasteiger partial charge on any atom is -0.343 e. The van der Waals surface area contributed by atoms with Crippen LogP contribution in [0.3, 0.4) is 0 Å². The zero-order chi connectivity index (χ0) is 19.7. The van der Waals surface area contributed by atoms with Crippen molar-refractivity contribution in [2.24, 2.45) is 0 Å².